The molecule has 3 nitrogen and oxygen atoms in total. The lowest BCUT2D eigenvalue weighted by molar-refractivity contribution is 0.768. The number of aromatic nitrogens is 3. The van der Waals surface area contributed by atoms with Gasteiger partial charge in [-0.25, -0.2) is 15.0 Å². The molecule has 0 aliphatic heterocycles. The molecule has 1 aliphatic rings. The maximum absolute atomic E-state index is 5.46. The predicted octanol–water partition coefficient (Wildman–Crippen LogP) is 15.5. The SMILES string of the molecule is c1ccc(-c2nc(-c3ccc4c(c3)C(c3ccccc3)(c3ccccc3)c3ccccc3-4)nc(-c3ccccc3-c3cc4c5ccccc5c5ccccc5c4c4ccccc34)n2)cc1. The Labute approximate surface area is 377 Å². The molecule has 0 fully saturated rings. The van der Waals surface area contributed by atoms with Crippen LogP contribution < -0.4 is 0 Å². The number of rotatable bonds is 6. The van der Waals surface area contributed by atoms with E-state index in [-0.39, 0.29) is 0 Å². The third-order valence-corrected chi connectivity index (χ3v) is 13.6. The zero-order valence-corrected chi connectivity index (χ0v) is 35.4. The highest BCUT2D eigenvalue weighted by molar-refractivity contribution is 6.33. The summed E-state index contributed by atoms with van der Waals surface area (Å²) in [7, 11) is 0. The first-order valence-corrected chi connectivity index (χ1v) is 22.3. The normalized spacial score (nSPS) is 12.7. The van der Waals surface area contributed by atoms with Crippen molar-refractivity contribution < 1.29 is 0 Å². The summed E-state index contributed by atoms with van der Waals surface area (Å²) in [5.41, 5.74) is 11.8. The van der Waals surface area contributed by atoms with E-state index in [0.29, 0.717) is 17.5 Å². The van der Waals surface area contributed by atoms with Crippen molar-refractivity contribution in [2.45, 2.75) is 5.41 Å². The topological polar surface area (TPSA) is 38.7 Å². The van der Waals surface area contributed by atoms with Gasteiger partial charge in [-0.2, -0.15) is 0 Å². The van der Waals surface area contributed by atoms with E-state index in [4.69, 9.17) is 15.0 Å². The summed E-state index contributed by atoms with van der Waals surface area (Å²) in [6.45, 7) is 0. The quantitative estimate of drug-likeness (QED) is 0.157. The van der Waals surface area contributed by atoms with Crippen LogP contribution in [0.2, 0.25) is 0 Å². The molecule has 0 bridgehead atoms. The molecular weight excluding hydrogens is 787 g/mol. The van der Waals surface area contributed by atoms with Crippen LogP contribution in [0.3, 0.4) is 0 Å². The van der Waals surface area contributed by atoms with Gasteiger partial charge in [-0.15, -0.1) is 0 Å². The van der Waals surface area contributed by atoms with Gasteiger partial charge in [-0.1, -0.05) is 224 Å². The zero-order chi connectivity index (χ0) is 42.9. The van der Waals surface area contributed by atoms with Gasteiger partial charge in [0.05, 0.1) is 5.41 Å². The molecule has 0 saturated heterocycles. The average molecular weight is 826 g/mol. The summed E-state index contributed by atoms with van der Waals surface area (Å²) < 4.78 is 0. The molecule has 0 atom stereocenters. The van der Waals surface area contributed by atoms with Crippen molar-refractivity contribution in [2.75, 3.05) is 0 Å². The van der Waals surface area contributed by atoms with Gasteiger partial charge < -0.3 is 0 Å². The standard InChI is InChI=1S/C62H39N3/c1-4-20-40(21-5-1)59-63-60(41-36-37-50-49-31-18-19-35-56(49)62(57(50)38-41,42-22-6-2-7-23-42)43-24-8-3-9-25-43)65-61(64-59)53-34-17-14-30-48(53)54-39-55-46-28-11-10-26-44(46)45-27-12-15-32-51(45)58(55)52-33-16-13-29-47(52)54/h1-39H. The van der Waals surface area contributed by atoms with E-state index in [0.717, 1.165) is 27.8 Å². The predicted molar refractivity (Wildman–Crippen MR) is 269 cm³/mol. The first-order chi connectivity index (χ1) is 32.3. The fourth-order valence-electron chi connectivity index (χ4n) is 10.8. The number of fused-ring (bicyclic) bond motifs is 11. The van der Waals surface area contributed by atoms with Gasteiger partial charge in [-0.05, 0) is 99.7 Å². The summed E-state index contributed by atoms with van der Waals surface area (Å²) in [4.78, 5) is 16.1. The molecule has 0 radical (unpaired) electrons. The molecule has 302 valence electrons. The summed E-state index contributed by atoms with van der Waals surface area (Å²) in [5.74, 6) is 1.87. The van der Waals surface area contributed by atoms with Crippen LogP contribution >= 0.6 is 0 Å². The van der Waals surface area contributed by atoms with Crippen LogP contribution in [0, 0.1) is 0 Å². The van der Waals surface area contributed by atoms with Gasteiger partial charge in [0.25, 0.3) is 0 Å². The van der Waals surface area contributed by atoms with Gasteiger partial charge in [0.15, 0.2) is 17.5 Å². The molecule has 11 aromatic carbocycles. The second-order valence-corrected chi connectivity index (χ2v) is 17.0. The van der Waals surface area contributed by atoms with E-state index in [1.165, 1.54) is 76.5 Å². The number of hydrogen-bond acceptors (Lipinski definition) is 3. The van der Waals surface area contributed by atoms with Crippen molar-refractivity contribution in [1.29, 1.82) is 0 Å². The highest BCUT2D eigenvalue weighted by atomic mass is 15.0. The lowest BCUT2D eigenvalue weighted by atomic mass is 9.67. The van der Waals surface area contributed by atoms with Crippen molar-refractivity contribution >= 4 is 43.1 Å². The maximum atomic E-state index is 5.46. The Morgan fingerprint density at radius 1 is 0.246 bits per heavy atom. The Morgan fingerprint density at radius 2 is 0.692 bits per heavy atom. The maximum Gasteiger partial charge on any atom is 0.164 e. The second kappa shape index (κ2) is 14.8. The molecule has 12 aromatic rings. The molecule has 0 amide bonds. The summed E-state index contributed by atoms with van der Waals surface area (Å²) >= 11 is 0. The molecular formula is C62H39N3. The van der Waals surface area contributed by atoms with Crippen LogP contribution in [0.15, 0.2) is 237 Å². The molecule has 1 aromatic heterocycles. The Bertz CT molecular complexity index is 3780. The lowest BCUT2D eigenvalue weighted by Crippen LogP contribution is -2.28. The molecule has 0 saturated carbocycles. The summed E-state index contributed by atoms with van der Waals surface area (Å²) in [6.07, 6.45) is 0. The third kappa shape index (κ3) is 5.65. The Hall–Kier alpha value is -8.53. The molecule has 0 N–H and O–H groups in total. The molecule has 13 rings (SSSR count). The van der Waals surface area contributed by atoms with Crippen molar-refractivity contribution in [3.05, 3.63) is 259 Å². The second-order valence-electron chi connectivity index (χ2n) is 17.0. The Balaban J connectivity index is 1.06. The highest BCUT2D eigenvalue weighted by Crippen LogP contribution is 2.56. The van der Waals surface area contributed by atoms with Crippen LogP contribution in [0.5, 0.6) is 0 Å². The third-order valence-electron chi connectivity index (χ3n) is 13.6. The van der Waals surface area contributed by atoms with E-state index < -0.39 is 5.41 Å². The van der Waals surface area contributed by atoms with E-state index in [9.17, 15) is 0 Å². The number of benzene rings is 11. The van der Waals surface area contributed by atoms with Crippen LogP contribution in [-0.4, -0.2) is 15.0 Å². The van der Waals surface area contributed by atoms with Crippen LogP contribution in [-0.2, 0) is 5.41 Å². The minimum absolute atomic E-state index is 0.554. The molecule has 1 heterocycles. The monoisotopic (exact) mass is 825 g/mol. The fraction of sp³-hybridized carbons (Fsp3) is 0.0161. The van der Waals surface area contributed by atoms with Gasteiger partial charge >= 0.3 is 0 Å². The molecule has 0 spiro atoms. The van der Waals surface area contributed by atoms with Crippen molar-refractivity contribution in [3.63, 3.8) is 0 Å². The van der Waals surface area contributed by atoms with Gasteiger partial charge in [0, 0.05) is 16.7 Å². The first kappa shape index (κ1) is 37.1. The van der Waals surface area contributed by atoms with Crippen molar-refractivity contribution in [1.82, 2.24) is 15.0 Å². The zero-order valence-electron chi connectivity index (χ0n) is 35.4. The van der Waals surface area contributed by atoms with Gasteiger partial charge in [0.2, 0.25) is 0 Å². The summed E-state index contributed by atoms with van der Waals surface area (Å²) in [5, 5.41) is 9.91. The first-order valence-electron chi connectivity index (χ1n) is 22.3. The molecule has 65 heavy (non-hydrogen) atoms. The van der Waals surface area contributed by atoms with E-state index in [1.54, 1.807) is 0 Å². The average Bonchev–Trinajstić information content (AvgIpc) is 3.69. The molecule has 1 aliphatic carbocycles. The van der Waals surface area contributed by atoms with E-state index >= 15 is 0 Å². The molecule has 3 heteroatoms. The number of hydrogen-bond donors (Lipinski definition) is 0. The van der Waals surface area contributed by atoms with Crippen LogP contribution in [0.4, 0.5) is 0 Å². The van der Waals surface area contributed by atoms with Crippen molar-refractivity contribution in [2.24, 2.45) is 0 Å². The Morgan fingerprint density at radius 3 is 1.35 bits per heavy atom. The number of nitrogens with zero attached hydrogens (tertiary/aromatic N) is 3. The summed E-state index contributed by atoms with van der Waals surface area (Å²) in [6, 6.07) is 85.2. The Kier molecular flexibility index (Phi) is 8.44. The van der Waals surface area contributed by atoms with Crippen LogP contribution in [0.25, 0.3) is 99.5 Å². The smallest absolute Gasteiger partial charge is 0.164 e. The van der Waals surface area contributed by atoms with Gasteiger partial charge in [0.1, 0.15) is 0 Å². The van der Waals surface area contributed by atoms with E-state index in [2.05, 4.69) is 218 Å². The fourth-order valence-corrected chi connectivity index (χ4v) is 10.8. The minimum Gasteiger partial charge on any atom is -0.208 e. The minimum atomic E-state index is -0.554. The van der Waals surface area contributed by atoms with Crippen LogP contribution in [0.1, 0.15) is 22.3 Å². The largest absolute Gasteiger partial charge is 0.208 e. The molecule has 0 unspecified atom stereocenters. The lowest BCUT2D eigenvalue weighted by Gasteiger charge is -2.34. The van der Waals surface area contributed by atoms with E-state index in [1.807, 2.05) is 18.2 Å². The highest BCUT2D eigenvalue weighted by Gasteiger charge is 2.46. The van der Waals surface area contributed by atoms with Crippen molar-refractivity contribution in [3.8, 4) is 56.4 Å². The van der Waals surface area contributed by atoms with Gasteiger partial charge in [-0.3, -0.25) is 0 Å².